The Hall–Kier alpha value is -0.810. The Kier molecular flexibility index (Phi) is 8.75. The Labute approximate surface area is 114 Å². The number of carbonyl (C=O) groups is 2. The lowest BCUT2D eigenvalue weighted by molar-refractivity contribution is -0.138. The van der Waals surface area contributed by atoms with Crippen LogP contribution in [-0.4, -0.2) is 48.6 Å². The zero-order chi connectivity index (χ0) is 12.7. The van der Waals surface area contributed by atoms with E-state index < -0.39 is 5.97 Å². The zero-order valence-corrected chi connectivity index (χ0v) is 11.7. The lowest BCUT2D eigenvalue weighted by atomic mass is 9.89. The molecule has 106 valence electrons. The van der Waals surface area contributed by atoms with Gasteiger partial charge in [-0.3, -0.25) is 14.5 Å². The first-order chi connectivity index (χ1) is 8.08. The van der Waals surface area contributed by atoms with Gasteiger partial charge in [-0.05, 0) is 25.8 Å². The SMILES string of the molecule is CN(CC(=O)NCC(=O)O)CC1CCCCC1.Cl. The van der Waals surface area contributed by atoms with Crippen molar-refractivity contribution >= 4 is 24.3 Å². The van der Waals surface area contributed by atoms with Gasteiger partial charge < -0.3 is 10.4 Å². The minimum atomic E-state index is -1.01. The van der Waals surface area contributed by atoms with Crippen LogP contribution in [0.5, 0.6) is 0 Å². The van der Waals surface area contributed by atoms with E-state index in [4.69, 9.17) is 5.11 Å². The molecule has 0 radical (unpaired) electrons. The number of hydrogen-bond acceptors (Lipinski definition) is 3. The van der Waals surface area contributed by atoms with Gasteiger partial charge in [0.2, 0.25) is 5.91 Å². The van der Waals surface area contributed by atoms with E-state index in [1.807, 2.05) is 11.9 Å². The van der Waals surface area contributed by atoms with E-state index in [0.717, 1.165) is 6.54 Å². The number of hydrogen-bond donors (Lipinski definition) is 2. The van der Waals surface area contributed by atoms with E-state index in [2.05, 4.69) is 5.32 Å². The highest BCUT2D eigenvalue weighted by atomic mass is 35.5. The second-order valence-electron chi connectivity index (χ2n) is 4.87. The summed E-state index contributed by atoms with van der Waals surface area (Å²) in [5, 5.41) is 10.8. The predicted molar refractivity (Wildman–Crippen MR) is 72.0 cm³/mol. The van der Waals surface area contributed by atoms with Crippen molar-refractivity contribution < 1.29 is 14.7 Å². The molecule has 0 atom stereocenters. The third-order valence-corrected chi connectivity index (χ3v) is 3.14. The summed E-state index contributed by atoms with van der Waals surface area (Å²) >= 11 is 0. The van der Waals surface area contributed by atoms with Crippen LogP contribution in [0.4, 0.5) is 0 Å². The monoisotopic (exact) mass is 278 g/mol. The maximum atomic E-state index is 11.4. The van der Waals surface area contributed by atoms with Gasteiger partial charge in [0, 0.05) is 6.54 Å². The molecule has 0 unspecified atom stereocenters. The molecule has 0 heterocycles. The first-order valence-corrected chi connectivity index (χ1v) is 6.25. The van der Waals surface area contributed by atoms with E-state index in [0.29, 0.717) is 5.92 Å². The summed E-state index contributed by atoms with van der Waals surface area (Å²) in [5.74, 6) is -0.528. The van der Waals surface area contributed by atoms with E-state index in [9.17, 15) is 9.59 Å². The maximum absolute atomic E-state index is 11.4. The maximum Gasteiger partial charge on any atom is 0.322 e. The lowest BCUT2D eigenvalue weighted by Gasteiger charge is -2.26. The number of amides is 1. The average Bonchev–Trinajstić information content (AvgIpc) is 2.27. The normalized spacial score (nSPS) is 16.1. The van der Waals surface area contributed by atoms with Crippen molar-refractivity contribution in [1.29, 1.82) is 0 Å². The van der Waals surface area contributed by atoms with Gasteiger partial charge in [-0.25, -0.2) is 0 Å². The summed E-state index contributed by atoms with van der Waals surface area (Å²) in [6.07, 6.45) is 6.43. The van der Waals surface area contributed by atoms with E-state index >= 15 is 0 Å². The minimum Gasteiger partial charge on any atom is -0.480 e. The zero-order valence-electron chi connectivity index (χ0n) is 10.9. The highest BCUT2D eigenvalue weighted by molar-refractivity contribution is 5.85. The fourth-order valence-corrected chi connectivity index (χ4v) is 2.35. The van der Waals surface area contributed by atoms with Crippen molar-refractivity contribution in [2.75, 3.05) is 26.7 Å². The van der Waals surface area contributed by atoms with E-state index in [-0.39, 0.29) is 31.4 Å². The average molecular weight is 279 g/mol. The van der Waals surface area contributed by atoms with Crippen molar-refractivity contribution in [3.63, 3.8) is 0 Å². The number of aliphatic carboxylic acids is 1. The van der Waals surface area contributed by atoms with Crippen LogP contribution in [0.1, 0.15) is 32.1 Å². The van der Waals surface area contributed by atoms with Gasteiger partial charge in [0.1, 0.15) is 6.54 Å². The van der Waals surface area contributed by atoms with E-state index in [1.165, 1.54) is 32.1 Å². The second kappa shape index (κ2) is 9.16. The van der Waals surface area contributed by atoms with Crippen LogP contribution in [0, 0.1) is 5.92 Å². The highest BCUT2D eigenvalue weighted by Crippen LogP contribution is 2.23. The topological polar surface area (TPSA) is 69.6 Å². The summed E-state index contributed by atoms with van der Waals surface area (Å²) < 4.78 is 0. The van der Waals surface area contributed by atoms with Crippen LogP contribution >= 0.6 is 12.4 Å². The molecular formula is C12H23ClN2O3. The number of nitrogens with one attached hydrogen (secondary N) is 1. The van der Waals surface area contributed by atoms with Crippen LogP contribution in [0.25, 0.3) is 0 Å². The molecule has 0 aromatic rings. The number of likely N-dealkylation sites (N-methyl/N-ethyl adjacent to an activating group) is 1. The third kappa shape index (κ3) is 7.50. The quantitative estimate of drug-likeness (QED) is 0.764. The van der Waals surface area contributed by atoms with Gasteiger partial charge >= 0.3 is 5.97 Å². The molecule has 0 spiro atoms. The van der Waals surface area contributed by atoms with Crippen molar-refractivity contribution in [2.24, 2.45) is 5.92 Å². The first kappa shape index (κ1) is 17.2. The van der Waals surface area contributed by atoms with Crippen molar-refractivity contribution in [3.05, 3.63) is 0 Å². The molecule has 1 amide bonds. The summed E-state index contributed by atoms with van der Waals surface area (Å²) in [6, 6.07) is 0. The third-order valence-electron chi connectivity index (χ3n) is 3.14. The van der Waals surface area contributed by atoms with E-state index in [1.54, 1.807) is 0 Å². The largest absolute Gasteiger partial charge is 0.480 e. The van der Waals surface area contributed by atoms with Crippen LogP contribution in [0.15, 0.2) is 0 Å². The molecule has 5 nitrogen and oxygen atoms in total. The van der Waals surface area contributed by atoms with Crippen molar-refractivity contribution in [2.45, 2.75) is 32.1 Å². The molecule has 0 aliphatic heterocycles. The molecule has 1 fully saturated rings. The molecular weight excluding hydrogens is 256 g/mol. The Bertz CT molecular complexity index is 268. The van der Waals surface area contributed by atoms with Gasteiger partial charge in [0.25, 0.3) is 0 Å². The number of halogens is 1. The Morgan fingerprint density at radius 2 is 1.89 bits per heavy atom. The molecule has 6 heteroatoms. The standard InChI is InChI=1S/C12H22N2O3.ClH/c1-14(8-10-5-3-2-4-6-10)9-11(15)13-7-12(16)17;/h10H,2-9H2,1H3,(H,13,15)(H,16,17);1H. The minimum absolute atomic E-state index is 0. The van der Waals surface area contributed by atoms with Crippen LogP contribution in [-0.2, 0) is 9.59 Å². The fourth-order valence-electron chi connectivity index (χ4n) is 2.35. The second-order valence-corrected chi connectivity index (χ2v) is 4.87. The molecule has 2 N–H and O–H groups in total. The molecule has 1 aliphatic rings. The summed E-state index contributed by atoms with van der Waals surface area (Å²) in [7, 11) is 1.91. The lowest BCUT2D eigenvalue weighted by Crippen LogP contribution is -2.39. The molecule has 0 aromatic heterocycles. The Morgan fingerprint density at radius 1 is 1.28 bits per heavy atom. The summed E-state index contributed by atoms with van der Waals surface area (Å²) in [5.41, 5.74) is 0. The number of rotatable bonds is 6. The van der Waals surface area contributed by atoms with Crippen LogP contribution in [0.3, 0.4) is 0 Å². The molecule has 1 rings (SSSR count). The number of carboxylic acids is 1. The molecule has 0 aromatic carbocycles. The van der Waals surface area contributed by atoms with Gasteiger partial charge in [-0.1, -0.05) is 19.3 Å². The predicted octanol–water partition coefficient (Wildman–Crippen LogP) is 1.12. The Morgan fingerprint density at radius 3 is 2.44 bits per heavy atom. The molecule has 1 saturated carbocycles. The van der Waals surface area contributed by atoms with Gasteiger partial charge in [-0.2, -0.15) is 0 Å². The van der Waals surface area contributed by atoms with Crippen molar-refractivity contribution in [1.82, 2.24) is 10.2 Å². The molecule has 18 heavy (non-hydrogen) atoms. The van der Waals surface area contributed by atoms with Crippen LogP contribution < -0.4 is 5.32 Å². The van der Waals surface area contributed by atoms with Gasteiger partial charge in [0.15, 0.2) is 0 Å². The highest BCUT2D eigenvalue weighted by Gasteiger charge is 2.16. The first-order valence-electron chi connectivity index (χ1n) is 6.25. The summed E-state index contributed by atoms with van der Waals surface area (Å²) in [4.78, 5) is 23.6. The smallest absolute Gasteiger partial charge is 0.322 e. The van der Waals surface area contributed by atoms with Crippen LogP contribution in [0.2, 0.25) is 0 Å². The Balaban J connectivity index is 0.00000289. The number of nitrogens with zero attached hydrogens (tertiary/aromatic N) is 1. The molecule has 0 saturated heterocycles. The molecule has 1 aliphatic carbocycles. The summed E-state index contributed by atoms with van der Waals surface area (Å²) in [6.45, 7) is 0.917. The van der Waals surface area contributed by atoms with Gasteiger partial charge in [-0.15, -0.1) is 12.4 Å². The number of carboxylic acid groups (broad SMARTS) is 1. The molecule has 0 bridgehead atoms. The van der Waals surface area contributed by atoms with Gasteiger partial charge in [0.05, 0.1) is 6.54 Å². The number of carbonyl (C=O) groups excluding carboxylic acids is 1. The van der Waals surface area contributed by atoms with Crippen molar-refractivity contribution in [3.8, 4) is 0 Å². The fraction of sp³-hybridized carbons (Fsp3) is 0.833.